The third-order valence-electron chi connectivity index (χ3n) is 2.47. The summed E-state index contributed by atoms with van der Waals surface area (Å²) in [5.74, 6) is -0.909. The van der Waals surface area contributed by atoms with E-state index in [1.54, 1.807) is 6.07 Å². The first-order chi connectivity index (χ1) is 8.58. The second kappa shape index (κ2) is 6.64. The lowest BCUT2D eigenvalue weighted by molar-refractivity contribution is -0.116. The van der Waals surface area contributed by atoms with E-state index in [4.69, 9.17) is 9.84 Å². The van der Waals surface area contributed by atoms with Crippen molar-refractivity contribution in [3.8, 4) is 5.75 Å². The Labute approximate surface area is 106 Å². The highest BCUT2D eigenvalue weighted by molar-refractivity contribution is 5.94. The Bertz CT molecular complexity index is 443. The first-order valence-corrected chi connectivity index (χ1v) is 5.79. The fourth-order valence-electron chi connectivity index (χ4n) is 1.51. The normalized spacial score (nSPS) is 9.89. The number of hydrogen-bond donors (Lipinski definition) is 2. The van der Waals surface area contributed by atoms with Crippen LogP contribution in [0.2, 0.25) is 0 Å². The molecule has 5 nitrogen and oxygen atoms in total. The smallest absolute Gasteiger partial charge is 0.339 e. The highest BCUT2D eigenvalue weighted by Gasteiger charge is 2.12. The Kier molecular flexibility index (Phi) is 5.17. The second-order valence-electron chi connectivity index (χ2n) is 3.87. The number of anilines is 1. The van der Waals surface area contributed by atoms with Gasteiger partial charge in [0.25, 0.3) is 0 Å². The Balaban J connectivity index is 2.79. The highest BCUT2D eigenvalue weighted by Crippen LogP contribution is 2.23. The molecule has 0 radical (unpaired) electrons. The maximum Gasteiger partial charge on any atom is 0.339 e. The lowest BCUT2D eigenvalue weighted by Crippen LogP contribution is -2.11. The number of amides is 1. The van der Waals surface area contributed by atoms with Crippen LogP contribution in [0.1, 0.15) is 36.5 Å². The SMILES string of the molecule is CCCCC(=O)Nc1ccc(C(=O)O)c(OC)c1. The van der Waals surface area contributed by atoms with Crippen LogP contribution < -0.4 is 10.1 Å². The summed E-state index contributed by atoms with van der Waals surface area (Å²) in [6.07, 6.45) is 2.24. The van der Waals surface area contributed by atoms with Crippen molar-refractivity contribution in [3.05, 3.63) is 23.8 Å². The third-order valence-corrected chi connectivity index (χ3v) is 2.47. The average Bonchev–Trinajstić information content (AvgIpc) is 2.35. The lowest BCUT2D eigenvalue weighted by atomic mass is 10.1. The number of carbonyl (C=O) groups excluding carboxylic acids is 1. The van der Waals surface area contributed by atoms with Gasteiger partial charge in [0.2, 0.25) is 5.91 Å². The molecule has 0 spiro atoms. The largest absolute Gasteiger partial charge is 0.496 e. The van der Waals surface area contributed by atoms with E-state index in [-0.39, 0.29) is 17.2 Å². The number of ether oxygens (including phenoxy) is 1. The quantitative estimate of drug-likeness (QED) is 0.814. The van der Waals surface area contributed by atoms with E-state index in [1.807, 2.05) is 6.92 Å². The summed E-state index contributed by atoms with van der Waals surface area (Å²) in [7, 11) is 1.39. The molecule has 0 aromatic heterocycles. The summed E-state index contributed by atoms with van der Waals surface area (Å²) in [5.41, 5.74) is 0.613. The zero-order valence-electron chi connectivity index (χ0n) is 10.5. The monoisotopic (exact) mass is 251 g/mol. The van der Waals surface area contributed by atoms with E-state index >= 15 is 0 Å². The van der Waals surface area contributed by atoms with Crippen molar-refractivity contribution in [1.29, 1.82) is 0 Å². The van der Waals surface area contributed by atoms with Crippen molar-refractivity contribution in [2.24, 2.45) is 0 Å². The van der Waals surface area contributed by atoms with Crippen molar-refractivity contribution >= 4 is 17.6 Å². The van der Waals surface area contributed by atoms with Crippen LogP contribution in [0.3, 0.4) is 0 Å². The molecule has 0 aliphatic carbocycles. The minimum atomic E-state index is -1.06. The number of rotatable bonds is 6. The molecule has 0 unspecified atom stereocenters. The molecule has 1 rings (SSSR count). The summed E-state index contributed by atoms with van der Waals surface area (Å²) >= 11 is 0. The van der Waals surface area contributed by atoms with Crippen LogP contribution in [-0.4, -0.2) is 24.1 Å². The molecule has 0 fully saturated rings. The fraction of sp³-hybridized carbons (Fsp3) is 0.385. The van der Waals surface area contributed by atoms with Crippen LogP contribution in [-0.2, 0) is 4.79 Å². The minimum absolute atomic E-state index is 0.0732. The number of carbonyl (C=O) groups is 2. The summed E-state index contributed by atoms with van der Waals surface area (Å²) in [4.78, 5) is 22.4. The van der Waals surface area contributed by atoms with Crippen molar-refractivity contribution in [3.63, 3.8) is 0 Å². The first kappa shape index (κ1) is 14.0. The van der Waals surface area contributed by atoms with Crippen LogP contribution in [0.15, 0.2) is 18.2 Å². The predicted molar refractivity (Wildman–Crippen MR) is 68.1 cm³/mol. The minimum Gasteiger partial charge on any atom is -0.496 e. The van der Waals surface area contributed by atoms with Crippen LogP contribution in [0.4, 0.5) is 5.69 Å². The summed E-state index contributed by atoms with van der Waals surface area (Å²) in [5, 5.41) is 11.6. The molecule has 0 saturated carbocycles. The van der Waals surface area contributed by atoms with Gasteiger partial charge < -0.3 is 15.2 Å². The Morgan fingerprint density at radius 2 is 2.11 bits per heavy atom. The maximum atomic E-state index is 11.5. The predicted octanol–water partition coefficient (Wildman–Crippen LogP) is 2.52. The van der Waals surface area contributed by atoms with Gasteiger partial charge in [-0.2, -0.15) is 0 Å². The molecular weight excluding hydrogens is 234 g/mol. The Morgan fingerprint density at radius 3 is 2.67 bits per heavy atom. The van der Waals surface area contributed by atoms with Crippen LogP contribution in [0.25, 0.3) is 0 Å². The number of carboxylic acids is 1. The van der Waals surface area contributed by atoms with Crippen molar-refractivity contribution in [2.75, 3.05) is 12.4 Å². The number of hydrogen-bond acceptors (Lipinski definition) is 3. The highest BCUT2D eigenvalue weighted by atomic mass is 16.5. The van der Waals surface area contributed by atoms with Crippen LogP contribution >= 0.6 is 0 Å². The number of unbranched alkanes of at least 4 members (excludes halogenated alkanes) is 1. The zero-order chi connectivity index (χ0) is 13.5. The van der Waals surface area contributed by atoms with Crippen molar-refractivity contribution in [2.45, 2.75) is 26.2 Å². The number of methoxy groups -OCH3 is 1. The maximum absolute atomic E-state index is 11.5. The Morgan fingerprint density at radius 1 is 1.39 bits per heavy atom. The molecular formula is C13H17NO4. The molecule has 0 saturated heterocycles. The fourth-order valence-corrected chi connectivity index (χ4v) is 1.51. The van der Waals surface area contributed by atoms with E-state index in [0.29, 0.717) is 12.1 Å². The molecule has 18 heavy (non-hydrogen) atoms. The molecule has 0 heterocycles. The van der Waals surface area contributed by atoms with Crippen LogP contribution in [0, 0.1) is 0 Å². The van der Waals surface area contributed by atoms with E-state index in [2.05, 4.69) is 5.32 Å². The van der Waals surface area contributed by atoms with E-state index in [9.17, 15) is 9.59 Å². The molecule has 0 aliphatic heterocycles. The van der Waals surface area contributed by atoms with Crippen molar-refractivity contribution in [1.82, 2.24) is 0 Å². The standard InChI is InChI=1S/C13H17NO4/c1-3-4-5-12(15)14-9-6-7-10(13(16)17)11(8-9)18-2/h6-8H,3-5H2,1-2H3,(H,14,15)(H,16,17). The van der Waals surface area contributed by atoms with Gasteiger partial charge in [-0.3, -0.25) is 4.79 Å². The van der Waals surface area contributed by atoms with Gasteiger partial charge in [-0.05, 0) is 18.6 Å². The van der Waals surface area contributed by atoms with Crippen molar-refractivity contribution < 1.29 is 19.4 Å². The lowest BCUT2D eigenvalue weighted by Gasteiger charge is -2.09. The molecule has 5 heteroatoms. The number of nitrogens with one attached hydrogen (secondary N) is 1. The van der Waals surface area contributed by atoms with E-state index in [1.165, 1.54) is 19.2 Å². The topological polar surface area (TPSA) is 75.6 Å². The van der Waals surface area contributed by atoms with Gasteiger partial charge in [-0.15, -0.1) is 0 Å². The molecule has 2 N–H and O–H groups in total. The number of carboxylic acid groups (broad SMARTS) is 1. The average molecular weight is 251 g/mol. The third kappa shape index (κ3) is 3.76. The zero-order valence-corrected chi connectivity index (χ0v) is 10.5. The summed E-state index contributed by atoms with van der Waals surface area (Å²) in [6, 6.07) is 4.47. The van der Waals surface area contributed by atoms with Gasteiger partial charge in [0.15, 0.2) is 0 Å². The van der Waals surface area contributed by atoms with Gasteiger partial charge in [-0.1, -0.05) is 13.3 Å². The van der Waals surface area contributed by atoms with Gasteiger partial charge >= 0.3 is 5.97 Å². The van der Waals surface area contributed by atoms with Gasteiger partial charge in [-0.25, -0.2) is 4.79 Å². The molecule has 0 bridgehead atoms. The number of aromatic carboxylic acids is 1. The first-order valence-electron chi connectivity index (χ1n) is 5.79. The van der Waals surface area contributed by atoms with Gasteiger partial charge in [0.05, 0.1) is 7.11 Å². The number of benzene rings is 1. The van der Waals surface area contributed by atoms with Gasteiger partial charge in [0.1, 0.15) is 11.3 Å². The van der Waals surface area contributed by atoms with Crippen LogP contribution in [0.5, 0.6) is 5.75 Å². The van der Waals surface area contributed by atoms with E-state index in [0.717, 1.165) is 12.8 Å². The molecule has 1 aromatic carbocycles. The van der Waals surface area contributed by atoms with E-state index < -0.39 is 5.97 Å². The Hall–Kier alpha value is -2.04. The summed E-state index contributed by atoms with van der Waals surface area (Å²) in [6.45, 7) is 2.01. The molecule has 98 valence electrons. The molecule has 0 aliphatic rings. The molecule has 1 aromatic rings. The second-order valence-corrected chi connectivity index (χ2v) is 3.87. The summed E-state index contributed by atoms with van der Waals surface area (Å²) < 4.78 is 4.98. The van der Waals surface area contributed by atoms with Gasteiger partial charge in [0, 0.05) is 18.2 Å². The molecule has 1 amide bonds. The molecule has 0 atom stereocenters.